The fraction of sp³-hybridized carbons (Fsp3) is 0.250. The van der Waals surface area contributed by atoms with Crippen molar-refractivity contribution in [2.45, 2.75) is 13.0 Å². The summed E-state index contributed by atoms with van der Waals surface area (Å²) in [6.45, 7) is 6.65. The Labute approximate surface area is 174 Å². The minimum atomic E-state index is -0.544. The van der Waals surface area contributed by atoms with Crippen molar-refractivity contribution in [1.82, 2.24) is 4.90 Å². The van der Waals surface area contributed by atoms with Crippen molar-refractivity contribution < 1.29 is 18.7 Å². The van der Waals surface area contributed by atoms with Gasteiger partial charge in [0, 0.05) is 13.7 Å². The molecule has 0 unspecified atom stereocenters. The molecule has 1 aliphatic heterocycles. The Balaban J connectivity index is 1.86. The molecule has 4 rings (SSSR count). The van der Waals surface area contributed by atoms with Crippen molar-refractivity contribution in [3.05, 3.63) is 87.8 Å². The Hall–Kier alpha value is -3.38. The van der Waals surface area contributed by atoms with Gasteiger partial charge in [-0.1, -0.05) is 36.4 Å². The SMILES string of the molecule is C=CCOc1ccc([C@@H]2c3c(oc4ccc(C)cc4c3=O)C(=O)N2CCOC)cc1. The van der Waals surface area contributed by atoms with Crippen LogP contribution in [0.15, 0.2) is 64.3 Å². The summed E-state index contributed by atoms with van der Waals surface area (Å²) in [6.07, 6.45) is 1.67. The van der Waals surface area contributed by atoms with E-state index >= 15 is 0 Å². The van der Waals surface area contributed by atoms with Crippen LogP contribution in [0.1, 0.15) is 33.3 Å². The smallest absolute Gasteiger partial charge is 0.290 e. The third-order valence-electron chi connectivity index (χ3n) is 5.22. The van der Waals surface area contributed by atoms with E-state index in [4.69, 9.17) is 13.9 Å². The number of ether oxygens (including phenoxy) is 2. The van der Waals surface area contributed by atoms with Crippen molar-refractivity contribution >= 4 is 16.9 Å². The van der Waals surface area contributed by atoms with Gasteiger partial charge in [-0.25, -0.2) is 0 Å². The summed E-state index contributed by atoms with van der Waals surface area (Å²) in [4.78, 5) is 28.2. The predicted octanol–water partition coefficient (Wildman–Crippen LogP) is 3.86. The number of carbonyl (C=O) groups is 1. The molecular weight excluding hydrogens is 382 g/mol. The fourth-order valence-electron chi connectivity index (χ4n) is 3.80. The van der Waals surface area contributed by atoms with Gasteiger partial charge in [0.15, 0.2) is 5.43 Å². The molecule has 1 atom stereocenters. The van der Waals surface area contributed by atoms with E-state index in [9.17, 15) is 9.59 Å². The first-order valence-corrected chi connectivity index (χ1v) is 9.76. The van der Waals surface area contributed by atoms with E-state index in [1.165, 1.54) is 0 Å². The largest absolute Gasteiger partial charge is 0.490 e. The molecule has 0 N–H and O–H groups in total. The number of amides is 1. The zero-order chi connectivity index (χ0) is 21.3. The first kappa shape index (κ1) is 19.9. The van der Waals surface area contributed by atoms with Gasteiger partial charge in [-0.3, -0.25) is 9.59 Å². The highest BCUT2D eigenvalue weighted by molar-refractivity contribution is 5.99. The van der Waals surface area contributed by atoms with Gasteiger partial charge >= 0.3 is 0 Å². The maximum absolute atomic E-state index is 13.4. The van der Waals surface area contributed by atoms with Gasteiger partial charge in [0.1, 0.15) is 17.9 Å². The number of aryl methyl sites for hydroxylation is 1. The van der Waals surface area contributed by atoms with E-state index in [1.54, 1.807) is 30.2 Å². The zero-order valence-electron chi connectivity index (χ0n) is 17.0. The number of methoxy groups -OCH3 is 1. The number of rotatable bonds is 7. The summed E-state index contributed by atoms with van der Waals surface area (Å²) in [5, 5.41) is 0.478. The van der Waals surface area contributed by atoms with E-state index in [0.29, 0.717) is 42.0 Å². The van der Waals surface area contributed by atoms with Crippen molar-refractivity contribution in [3.63, 3.8) is 0 Å². The van der Waals surface area contributed by atoms with Crippen LogP contribution in [0.4, 0.5) is 0 Å². The molecule has 1 aromatic heterocycles. The molecular formula is C24H23NO5. The first-order chi connectivity index (χ1) is 14.5. The minimum Gasteiger partial charge on any atom is -0.490 e. The Bertz CT molecular complexity index is 1160. The molecule has 0 saturated carbocycles. The monoisotopic (exact) mass is 405 g/mol. The van der Waals surface area contributed by atoms with Gasteiger partial charge in [-0.2, -0.15) is 0 Å². The molecule has 2 heterocycles. The molecule has 154 valence electrons. The lowest BCUT2D eigenvalue weighted by atomic mass is 9.98. The summed E-state index contributed by atoms with van der Waals surface area (Å²) in [6, 6.07) is 12.2. The second-order valence-corrected chi connectivity index (χ2v) is 7.24. The van der Waals surface area contributed by atoms with Gasteiger partial charge in [-0.15, -0.1) is 0 Å². The quantitative estimate of drug-likeness (QED) is 0.559. The standard InChI is InChI=1S/C24H23NO5/c1-4-12-29-17-8-6-16(7-9-17)21-20-22(26)18-14-15(2)5-10-19(18)30-23(20)24(27)25(21)11-13-28-3/h4-10,14,21H,1,11-13H2,2-3H3/t21-/m1/s1. The second-order valence-electron chi connectivity index (χ2n) is 7.24. The molecule has 0 bridgehead atoms. The lowest BCUT2D eigenvalue weighted by Gasteiger charge is -2.25. The maximum atomic E-state index is 13.4. The van der Waals surface area contributed by atoms with Crippen LogP contribution in [0.3, 0.4) is 0 Å². The van der Waals surface area contributed by atoms with Crippen LogP contribution in [0.5, 0.6) is 5.75 Å². The molecule has 1 amide bonds. The minimum absolute atomic E-state index is 0.101. The van der Waals surface area contributed by atoms with Crippen molar-refractivity contribution in [2.24, 2.45) is 0 Å². The number of hydrogen-bond donors (Lipinski definition) is 0. The predicted molar refractivity (Wildman–Crippen MR) is 114 cm³/mol. The number of fused-ring (bicyclic) bond motifs is 2. The van der Waals surface area contributed by atoms with E-state index in [2.05, 4.69) is 6.58 Å². The molecule has 6 nitrogen and oxygen atoms in total. The lowest BCUT2D eigenvalue weighted by molar-refractivity contribution is 0.0663. The Morgan fingerprint density at radius 2 is 1.93 bits per heavy atom. The third-order valence-corrected chi connectivity index (χ3v) is 5.22. The van der Waals surface area contributed by atoms with Gasteiger partial charge in [0.25, 0.3) is 5.91 Å². The highest BCUT2D eigenvalue weighted by Crippen LogP contribution is 2.38. The van der Waals surface area contributed by atoms with Crippen LogP contribution < -0.4 is 10.2 Å². The zero-order valence-corrected chi connectivity index (χ0v) is 17.0. The summed E-state index contributed by atoms with van der Waals surface area (Å²) < 4.78 is 16.7. The van der Waals surface area contributed by atoms with Crippen LogP contribution in [0.2, 0.25) is 0 Å². The molecule has 2 aromatic carbocycles. The van der Waals surface area contributed by atoms with Gasteiger partial charge < -0.3 is 18.8 Å². The van der Waals surface area contributed by atoms with Crippen LogP contribution in [0, 0.1) is 6.92 Å². The molecule has 0 aliphatic carbocycles. The molecule has 0 saturated heterocycles. The van der Waals surface area contributed by atoms with Crippen LogP contribution >= 0.6 is 0 Å². The Morgan fingerprint density at radius 1 is 1.17 bits per heavy atom. The molecule has 0 spiro atoms. The molecule has 0 fully saturated rings. The van der Waals surface area contributed by atoms with Crippen molar-refractivity contribution in [3.8, 4) is 5.75 Å². The summed E-state index contributed by atoms with van der Waals surface area (Å²) in [5.74, 6) is 0.482. The number of carbonyl (C=O) groups excluding carboxylic acids is 1. The van der Waals surface area contributed by atoms with Crippen molar-refractivity contribution in [2.75, 3.05) is 26.9 Å². The number of hydrogen-bond acceptors (Lipinski definition) is 5. The highest BCUT2D eigenvalue weighted by Gasteiger charge is 2.42. The molecule has 6 heteroatoms. The van der Waals surface area contributed by atoms with E-state index in [1.807, 2.05) is 37.3 Å². The summed E-state index contributed by atoms with van der Waals surface area (Å²) in [7, 11) is 1.58. The van der Waals surface area contributed by atoms with Crippen LogP contribution in [-0.4, -0.2) is 37.7 Å². The first-order valence-electron chi connectivity index (χ1n) is 9.76. The summed E-state index contributed by atoms with van der Waals surface area (Å²) >= 11 is 0. The number of nitrogens with zero attached hydrogens (tertiary/aromatic N) is 1. The van der Waals surface area contributed by atoms with Crippen LogP contribution in [0.25, 0.3) is 11.0 Å². The van der Waals surface area contributed by atoms with E-state index in [-0.39, 0.29) is 17.1 Å². The normalized spacial score (nSPS) is 15.5. The van der Waals surface area contributed by atoms with Crippen LogP contribution in [-0.2, 0) is 4.74 Å². The maximum Gasteiger partial charge on any atom is 0.290 e. The van der Waals surface area contributed by atoms with Gasteiger partial charge in [0.05, 0.1) is 23.6 Å². The average Bonchev–Trinajstić information content (AvgIpc) is 3.03. The van der Waals surface area contributed by atoms with Gasteiger partial charge in [-0.05, 0) is 36.8 Å². The molecule has 1 aliphatic rings. The Morgan fingerprint density at radius 3 is 2.63 bits per heavy atom. The molecule has 0 radical (unpaired) electrons. The van der Waals surface area contributed by atoms with E-state index in [0.717, 1.165) is 11.1 Å². The fourth-order valence-corrected chi connectivity index (χ4v) is 3.80. The van der Waals surface area contributed by atoms with E-state index < -0.39 is 6.04 Å². The number of benzene rings is 2. The topological polar surface area (TPSA) is 69.0 Å². The van der Waals surface area contributed by atoms with Gasteiger partial charge in [0.2, 0.25) is 5.76 Å². The molecule has 30 heavy (non-hydrogen) atoms. The second kappa shape index (κ2) is 8.16. The average molecular weight is 405 g/mol. The highest BCUT2D eigenvalue weighted by atomic mass is 16.5. The lowest BCUT2D eigenvalue weighted by Crippen LogP contribution is -2.32. The summed E-state index contributed by atoms with van der Waals surface area (Å²) in [5.41, 5.74) is 2.37. The third kappa shape index (κ3) is 3.39. The van der Waals surface area contributed by atoms with Crippen molar-refractivity contribution in [1.29, 1.82) is 0 Å². The molecule has 3 aromatic rings. The Kier molecular flexibility index (Phi) is 5.42.